The Kier molecular flexibility index (Phi) is 4.00. The highest BCUT2D eigenvalue weighted by molar-refractivity contribution is 7.91. The summed E-state index contributed by atoms with van der Waals surface area (Å²) in [5, 5.41) is 6.65. The van der Waals surface area contributed by atoms with Gasteiger partial charge in [-0.15, -0.1) is 16.4 Å². The Bertz CT molecular complexity index is 691. The Labute approximate surface area is 122 Å². The van der Waals surface area contributed by atoms with Crippen LogP contribution in [0.4, 0.5) is 11.6 Å². The van der Waals surface area contributed by atoms with Gasteiger partial charge in [-0.05, 0) is 6.42 Å². The van der Waals surface area contributed by atoms with Crippen molar-refractivity contribution in [3.8, 4) is 5.13 Å². The maximum atomic E-state index is 12.0. The number of thiazole rings is 1. The normalized spacial score (nSPS) is 11.8. The zero-order valence-corrected chi connectivity index (χ0v) is 13.2. The van der Waals surface area contributed by atoms with Gasteiger partial charge in [-0.2, -0.15) is 4.68 Å². The number of aromatic nitrogens is 3. The fourth-order valence-corrected chi connectivity index (χ4v) is 3.52. The SMILES string of the molecule is CCCN(C)c1nn(-c2nccs2)c(N)c1S(C)(=O)=O. The molecule has 9 heteroatoms. The Morgan fingerprint density at radius 1 is 1.50 bits per heavy atom. The van der Waals surface area contributed by atoms with Crippen molar-refractivity contribution in [3.63, 3.8) is 0 Å². The molecule has 0 aliphatic heterocycles. The molecular formula is C11H17N5O2S2. The van der Waals surface area contributed by atoms with Gasteiger partial charge in [0, 0.05) is 31.4 Å². The third-order valence-corrected chi connectivity index (χ3v) is 4.63. The lowest BCUT2D eigenvalue weighted by Crippen LogP contribution is -2.20. The van der Waals surface area contributed by atoms with Crippen LogP contribution in [0.3, 0.4) is 0 Å². The zero-order chi connectivity index (χ0) is 14.9. The van der Waals surface area contributed by atoms with Crippen molar-refractivity contribution < 1.29 is 8.42 Å². The Hall–Kier alpha value is -1.61. The van der Waals surface area contributed by atoms with Crippen LogP contribution >= 0.6 is 11.3 Å². The molecule has 0 saturated heterocycles. The van der Waals surface area contributed by atoms with Crippen LogP contribution in [-0.4, -0.2) is 43.0 Å². The van der Waals surface area contributed by atoms with Crippen LogP contribution in [0, 0.1) is 0 Å². The average molecular weight is 315 g/mol. The van der Waals surface area contributed by atoms with E-state index in [1.807, 2.05) is 6.92 Å². The maximum absolute atomic E-state index is 12.0. The van der Waals surface area contributed by atoms with Crippen molar-refractivity contribution in [1.82, 2.24) is 14.8 Å². The topological polar surface area (TPSA) is 94.1 Å². The van der Waals surface area contributed by atoms with Gasteiger partial charge < -0.3 is 10.6 Å². The lowest BCUT2D eigenvalue weighted by atomic mass is 10.4. The van der Waals surface area contributed by atoms with Crippen LogP contribution in [0.2, 0.25) is 0 Å². The second-order valence-corrected chi connectivity index (χ2v) is 7.28. The smallest absolute Gasteiger partial charge is 0.212 e. The summed E-state index contributed by atoms with van der Waals surface area (Å²) in [6, 6.07) is 0. The second kappa shape index (κ2) is 5.41. The Morgan fingerprint density at radius 2 is 2.20 bits per heavy atom. The van der Waals surface area contributed by atoms with E-state index in [-0.39, 0.29) is 10.7 Å². The molecular weight excluding hydrogens is 298 g/mol. The molecule has 110 valence electrons. The molecule has 7 nitrogen and oxygen atoms in total. The van der Waals surface area contributed by atoms with Crippen LogP contribution in [0.25, 0.3) is 5.13 Å². The van der Waals surface area contributed by atoms with Crippen LogP contribution < -0.4 is 10.6 Å². The molecule has 0 fully saturated rings. The highest BCUT2D eigenvalue weighted by Gasteiger charge is 2.27. The lowest BCUT2D eigenvalue weighted by Gasteiger charge is -2.16. The van der Waals surface area contributed by atoms with Crippen molar-refractivity contribution in [2.24, 2.45) is 0 Å². The summed E-state index contributed by atoms with van der Waals surface area (Å²) in [4.78, 5) is 5.96. The molecule has 0 saturated carbocycles. The molecule has 20 heavy (non-hydrogen) atoms. The predicted molar refractivity (Wildman–Crippen MR) is 80.3 cm³/mol. The zero-order valence-electron chi connectivity index (χ0n) is 11.6. The summed E-state index contributed by atoms with van der Waals surface area (Å²) in [6.07, 6.45) is 3.64. The third kappa shape index (κ3) is 2.63. The molecule has 0 bridgehead atoms. The van der Waals surface area contributed by atoms with Crippen molar-refractivity contribution in [2.75, 3.05) is 30.5 Å². The van der Waals surface area contributed by atoms with Gasteiger partial charge in [-0.3, -0.25) is 0 Å². The molecule has 2 N–H and O–H groups in total. The van der Waals surface area contributed by atoms with E-state index in [1.165, 1.54) is 16.0 Å². The van der Waals surface area contributed by atoms with Crippen molar-refractivity contribution in [2.45, 2.75) is 18.2 Å². The minimum absolute atomic E-state index is 0.0589. The van der Waals surface area contributed by atoms with Gasteiger partial charge in [-0.1, -0.05) is 6.92 Å². The van der Waals surface area contributed by atoms with Crippen LogP contribution in [0.15, 0.2) is 16.5 Å². The van der Waals surface area contributed by atoms with Crippen LogP contribution in [0.5, 0.6) is 0 Å². The molecule has 0 spiro atoms. The quantitative estimate of drug-likeness (QED) is 0.890. The number of hydrogen-bond donors (Lipinski definition) is 1. The van der Waals surface area contributed by atoms with E-state index in [2.05, 4.69) is 10.1 Å². The first-order valence-electron chi connectivity index (χ1n) is 6.05. The number of nitrogens with zero attached hydrogens (tertiary/aromatic N) is 4. The van der Waals surface area contributed by atoms with Crippen molar-refractivity contribution in [3.05, 3.63) is 11.6 Å². The van der Waals surface area contributed by atoms with Gasteiger partial charge in [0.1, 0.15) is 0 Å². The number of nitrogen functional groups attached to an aromatic ring is 1. The second-order valence-electron chi connectivity index (χ2n) is 4.46. The van der Waals surface area contributed by atoms with Gasteiger partial charge in [0.15, 0.2) is 26.4 Å². The molecule has 0 atom stereocenters. The minimum Gasteiger partial charge on any atom is -0.382 e. The standard InChI is InChI=1S/C11H17N5O2S2/c1-4-6-15(2)10-8(20(3,17)18)9(12)16(14-10)11-13-5-7-19-11/h5,7H,4,6,12H2,1-3H3. The first-order valence-corrected chi connectivity index (χ1v) is 8.83. The Morgan fingerprint density at radius 3 is 2.70 bits per heavy atom. The van der Waals surface area contributed by atoms with E-state index in [0.717, 1.165) is 12.7 Å². The van der Waals surface area contributed by atoms with E-state index < -0.39 is 9.84 Å². The number of anilines is 2. The van der Waals surface area contributed by atoms with Crippen molar-refractivity contribution in [1.29, 1.82) is 0 Å². The molecule has 0 radical (unpaired) electrons. The van der Waals surface area contributed by atoms with Crippen LogP contribution in [-0.2, 0) is 9.84 Å². The van der Waals surface area contributed by atoms with Gasteiger partial charge in [-0.25, -0.2) is 13.4 Å². The highest BCUT2D eigenvalue weighted by Crippen LogP contribution is 2.31. The first-order chi connectivity index (χ1) is 9.36. The molecule has 0 aliphatic rings. The molecule has 0 aromatic carbocycles. The number of hydrogen-bond acceptors (Lipinski definition) is 7. The molecule has 2 heterocycles. The van der Waals surface area contributed by atoms with E-state index in [1.54, 1.807) is 23.5 Å². The minimum atomic E-state index is -3.47. The average Bonchev–Trinajstić information content (AvgIpc) is 2.94. The van der Waals surface area contributed by atoms with Gasteiger partial charge in [0.25, 0.3) is 0 Å². The Balaban J connectivity index is 2.65. The molecule has 2 rings (SSSR count). The van der Waals surface area contributed by atoms with Gasteiger partial charge in [0.2, 0.25) is 5.13 Å². The molecule has 0 unspecified atom stereocenters. The number of sulfone groups is 1. The molecule has 0 amide bonds. The molecule has 2 aromatic rings. The maximum Gasteiger partial charge on any atom is 0.212 e. The van der Waals surface area contributed by atoms with E-state index in [4.69, 9.17) is 5.73 Å². The lowest BCUT2D eigenvalue weighted by molar-refractivity contribution is 0.602. The summed E-state index contributed by atoms with van der Waals surface area (Å²) in [5.41, 5.74) is 5.98. The summed E-state index contributed by atoms with van der Waals surface area (Å²) in [6.45, 7) is 2.70. The highest BCUT2D eigenvalue weighted by atomic mass is 32.2. The molecule has 2 aromatic heterocycles. The largest absolute Gasteiger partial charge is 0.382 e. The van der Waals surface area contributed by atoms with Gasteiger partial charge >= 0.3 is 0 Å². The fourth-order valence-electron chi connectivity index (χ4n) is 1.92. The fraction of sp³-hybridized carbons (Fsp3) is 0.455. The summed E-state index contributed by atoms with van der Waals surface area (Å²) < 4.78 is 25.4. The number of rotatable bonds is 5. The van der Waals surface area contributed by atoms with E-state index in [0.29, 0.717) is 17.5 Å². The van der Waals surface area contributed by atoms with Gasteiger partial charge in [0.05, 0.1) is 0 Å². The summed E-state index contributed by atoms with van der Waals surface area (Å²) in [5.74, 6) is 0.461. The van der Waals surface area contributed by atoms with E-state index >= 15 is 0 Å². The predicted octanol–water partition coefficient (Wildman–Crippen LogP) is 1.16. The summed E-state index contributed by atoms with van der Waals surface area (Å²) >= 11 is 1.34. The number of nitrogens with two attached hydrogens (primary N) is 1. The summed E-state index contributed by atoms with van der Waals surface area (Å²) in [7, 11) is -1.67. The molecule has 0 aliphatic carbocycles. The third-order valence-electron chi connectivity index (χ3n) is 2.75. The van der Waals surface area contributed by atoms with Crippen molar-refractivity contribution >= 4 is 32.8 Å². The monoisotopic (exact) mass is 315 g/mol. The first kappa shape index (κ1) is 14.8. The van der Waals surface area contributed by atoms with E-state index in [9.17, 15) is 8.42 Å². The van der Waals surface area contributed by atoms with Crippen LogP contribution in [0.1, 0.15) is 13.3 Å².